The molecule has 0 spiro atoms. The summed E-state index contributed by atoms with van der Waals surface area (Å²) in [5.41, 5.74) is 2.57. The fourth-order valence-electron chi connectivity index (χ4n) is 2.36. The van der Waals surface area contributed by atoms with Crippen LogP contribution >= 0.6 is 22.9 Å². The number of carbonyl (C=O) groups excluding carboxylic acids is 2. The van der Waals surface area contributed by atoms with E-state index in [9.17, 15) is 9.59 Å². The van der Waals surface area contributed by atoms with E-state index in [1.807, 2.05) is 31.2 Å². The summed E-state index contributed by atoms with van der Waals surface area (Å²) >= 11 is 7.01. The number of thiazole rings is 1. The van der Waals surface area contributed by atoms with Gasteiger partial charge >= 0.3 is 0 Å². The molecule has 0 saturated carbocycles. The minimum atomic E-state index is -0.353. The standard InChI is InChI=1S/C20H18ClN3O3S/c1-12-3-5-14(6-4-12)18-19(22-13(2)25)28-20(24-18)23-17(26)11-27-16-9-7-15(21)8-10-16/h3-10H,11H2,1-2H3,(H,22,25)(H,23,24,26). The molecule has 0 aliphatic rings. The summed E-state index contributed by atoms with van der Waals surface area (Å²) in [6.45, 7) is 3.25. The second-order valence-corrected chi connectivity index (χ2v) is 7.47. The highest BCUT2D eigenvalue weighted by Gasteiger charge is 2.16. The Morgan fingerprint density at radius 2 is 1.75 bits per heavy atom. The molecule has 0 radical (unpaired) electrons. The van der Waals surface area contributed by atoms with Crippen LogP contribution in [0.2, 0.25) is 5.02 Å². The number of nitrogens with zero attached hydrogens (tertiary/aromatic N) is 1. The van der Waals surface area contributed by atoms with Crippen molar-refractivity contribution < 1.29 is 14.3 Å². The van der Waals surface area contributed by atoms with Crippen molar-refractivity contribution in [2.75, 3.05) is 17.2 Å². The van der Waals surface area contributed by atoms with Gasteiger partial charge in [-0.15, -0.1) is 0 Å². The molecule has 0 unspecified atom stereocenters. The van der Waals surface area contributed by atoms with E-state index < -0.39 is 0 Å². The van der Waals surface area contributed by atoms with Gasteiger partial charge in [0.1, 0.15) is 16.4 Å². The molecule has 2 amide bonds. The van der Waals surface area contributed by atoms with Gasteiger partial charge in [0, 0.05) is 17.5 Å². The maximum absolute atomic E-state index is 12.2. The maximum atomic E-state index is 12.2. The second-order valence-electron chi connectivity index (χ2n) is 6.03. The zero-order valence-electron chi connectivity index (χ0n) is 15.3. The van der Waals surface area contributed by atoms with Gasteiger partial charge in [0.15, 0.2) is 11.7 Å². The molecule has 0 atom stereocenters. The quantitative estimate of drug-likeness (QED) is 0.608. The van der Waals surface area contributed by atoms with Crippen LogP contribution in [0.15, 0.2) is 48.5 Å². The molecule has 3 rings (SSSR count). The minimum Gasteiger partial charge on any atom is -0.484 e. The minimum absolute atomic E-state index is 0.170. The summed E-state index contributed by atoms with van der Waals surface area (Å²) in [6.07, 6.45) is 0. The van der Waals surface area contributed by atoms with E-state index in [2.05, 4.69) is 15.6 Å². The monoisotopic (exact) mass is 415 g/mol. The molecule has 1 heterocycles. The molecular formula is C20H18ClN3O3S. The molecule has 8 heteroatoms. The lowest BCUT2D eigenvalue weighted by molar-refractivity contribution is -0.118. The van der Waals surface area contributed by atoms with Gasteiger partial charge in [-0.3, -0.25) is 14.9 Å². The molecular weight excluding hydrogens is 398 g/mol. The van der Waals surface area contributed by atoms with Gasteiger partial charge in [-0.2, -0.15) is 0 Å². The van der Waals surface area contributed by atoms with Crippen molar-refractivity contribution in [3.63, 3.8) is 0 Å². The lowest BCUT2D eigenvalue weighted by Gasteiger charge is -2.05. The molecule has 3 aromatic rings. The number of aromatic nitrogens is 1. The van der Waals surface area contributed by atoms with Crippen LogP contribution in [0.25, 0.3) is 11.3 Å². The SMILES string of the molecule is CC(=O)Nc1sc(NC(=O)COc2ccc(Cl)cc2)nc1-c1ccc(C)cc1. The molecule has 1 aromatic heterocycles. The van der Waals surface area contributed by atoms with E-state index in [4.69, 9.17) is 16.3 Å². The summed E-state index contributed by atoms with van der Waals surface area (Å²) in [5.74, 6) is -0.0209. The molecule has 6 nitrogen and oxygen atoms in total. The maximum Gasteiger partial charge on any atom is 0.264 e. The van der Waals surface area contributed by atoms with E-state index in [-0.39, 0.29) is 18.4 Å². The summed E-state index contributed by atoms with van der Waals surface area (Å²) in [5, 5.41) is 7.01. The number of amides is 2. The summed E-state index contributed by atoms with van der Waals surface area (Å²) in [6, 6.07) is 14.5. The fourth-order valence-corrected chi connectivity index (χ4v) is 3.44. The van der Waals surface area contributed by atoms with E-state index >= 15 is 0 Å². The largest absolute Gasteiger partial charge is 0.484 e. The molecule has 0 saturated heterocycles. The Bertz CT molecular complexity index is 985. The number of halogens is 1. The molecule has 0 aliphatic carbocycles. The van der Waals surface area contributed by atoms with Gasteiger partial charge in [0.2, 0.25) is 5.91 Å². The number of rotatable bonds is 6. The Hall–Kier alpha value is -2.90. The summed E-state index contributed by atoms with van der Waals surface area (Å²) < 4.78 is 5.43. The number of anilines is 2. The molecule has 0 aliphatic heterocycles. The molecule has 2 N–H and O–H groups in total. The lowest BCUT2D eigenvalue weighted by Crippen LogP contribution is -2.20. The average Bonchev–Trinajstić information content (AvgIpc) is 3.03. The highest BCUT2D eigenvalue weighted by Crippen LogP contribution is 2.36. The summed E-state index contributed by atoms with van der Waals surface area (Å²) in [7, 11) is 0. The van der Waals surface area contributed by atoms with Crippen LogP contribution in [-0.2, 0) is 9.59 Å². The smallest absolute Gasteiger partial charge is 0.264 e. The first-order valence-corrected chi connectivity index (χ1v) is 9.64. The van der Waals surface area contributed by atoms with Gasteiger partial charge in [-0.1, -0.05) is 52.8 Å². The molecule has 144 valence electrons. The molecule has 0 fully saturated rings. The number of benzene rings is 2. The normalized spacial score (nSPS) is 10.4. The topological polar surface area (TPSA) is 80.3 Å². The van der Waals surface area contributed by atoms with Crippen molar-refractivity contribution in [3.05, 3.63) is 59.1 Å². The Morgan fingerprint density at radius 1 is 1.07 bits per heavy atom. The Morgan fingerprint density at radius 3 is 2.39 bits per heavy atom. The first-order valence-electron chi connectivity index (χ1n) is 8.44. The first-order chi connectivity index (χ1) is 13.4. The zero-order valence-corrected chi connectivity index (χ0v) is 16.9. The molecule has 0 bridgehead atoms. The van der Waals surface area contributed by atoms with E-state index in [1.54, 1.807) is 24.3 Å². The van der Waals surface area contributed by atoms with Crippen LogP contribution in [0, 0.1) is 6.92 Å². The predicted molar refractivity (Wildman–Crippen MR) is 112 cm³/mol. The lowest BCUT2D eigenvalue weighted by atomic mass is 10.1. The number of hydrogen-bond acceptors (Lipinski definition) is 5. The van der Waals surface area contributed by atoms with E-state index in [0.717, 1.165) is 11.1 Å². The number of carbonyl (C=O) groups is 2. The highest BCUT2D eigenvalue weighted by atomic mass is 35.5. The van der Waals surface area contributed by atoms with Gasteiger partial charge in [-0.05, 0) is 31.2 Å². The number of hydrogen-bond donors (Lipinski definition) is 2. The van der Waals surface area contributed by atoms with Crippen LogP contribution in [0.1, 0.15) is 12.5 Å². The third kappa shape index (κ3) is 5.31. The van der Waals surface area contributed by atoms with Gasteiger partial charge in [-0.25, -0.2) is 4.98 Å². The number of ether oxygens (including phenoxy) is 1. The van der Waals surface area contributed by atoms with Crippen molar-refractivity contribution in [1.29, 1.82) is 0 Å². The predicted octanol–water partition coefficient (Wildman–Crippen LogP) is 4.75. The van der Waals surface area contributed by atoms with Gasteiger partial charge < -0.3 is 10.1 Å². The number of aryl methyl sites for hydroxylation is 1. The fraction of sp³-hybridized carbons (Fsp3) is 0.150. The third-order valence-electron chi connectivity index (χ3n) is 3.67. The van der Waals surface area contributed by atoms with Gasteiger partial charge in [0.05, 0.1) is 0 Å². The molecule has 2 aromatic carbocycles. The summed E-state index contributed by atoms with van der Waals surface area (Å²) in [4.78, 5) is 28.2. The van der Waals surface area contributed by atoms with Crippen molar-refractivity contribution in [1.82, 2.24) is 4.98 Å². The van der Waals surface area contributed by atoms with E-state index in [1.165, 1.54) is 18.3 Å². The Kier molecular flexibility index (Phi) is 6.28. The van der Waals surface area contributed by atoms with E-state index in [0.29, 0.717) is 26.6 Å². The average molecular weight is 416 g/mol. The van der Waals surface area contributed by atoms with Crippen LogP contribution in [0.5, 0.6) is 5.75 Å². The highest BCUT2D eigenvalue weighted by molar-refractivity contribution is 7.20. The van der Waals surface area contributed by atoms with Crippen LogP contribution in [0.3, 0.4) is 0 Å². The third-order valence-corrected chi connectivity index (χ3v) is 4.81. The van der Waals surface area contributed by atoms with Crippen LogP contribution in [-0.4, -0.2) is 23.4 Å². The zero-order chi connectivity index (χ0) is 20.1. The van der Waals surface area contributed by atoms with Crippen LogP contribution in [0.4, 0.5) is 10.1 Å². The van der Waals surface area contributed by atoms with Crippen molar-refractivity contribution >= 4 is 44.9 Å². The van der Waals surface area contributed by atoms with Crippen LogP contribution < -0.4 is 15.4 Å². The number of nitrogens with one attached hydrogen (secondary N) is 2. The first kappa shape index (κ1) is 19.9. The van der Waals surface area contributed by atoms with Gasteiger partial charge in [0.25, 0.3) is 5.91 Å². The van der Waals surface area contributed by atoms with Crippen molar-refractivity contribution in [3.8, 4) is 17.0 Å². The Labute approximate surface area is 171 Å². The van der Waals surface area contributed by atoms with Crippen molar-refractivity contribution in [2.45, 2.75) is 13.8 Å². The molecule has 28 heavy (non-hydrogen) atoms. The Balaban J connectivity index is 1.72. The second kappa shape index (κ2) is 8.86. The van der Waals surface area contributed by atoms with Crippen molar-refractivity contribution in [2.24, 2.45) is 0 Å².